The monoisotopic (exact) mass is 420 g/mol. The van der Waals surface area contributed by atoms with Crippen LogP contribution in [0.2, 0.25) is 0 Å². The third kappa shape index (κ3) is 3.88. The van der Waals surface area contributed by atoms with Gasteiger partial charge in [-0.05, 0) is 24.3 Å². The van der Waals surface area contributed by atoms with Crippen LogP contribution in [0.4, 0.5) is 19.0 Å². The molecular formula is C20H19F3N4O3. The van der Waals surface area contributed by atoms with E-state index in [1.165, 1.54) is 13.2 Å². The molecular weight excluding hydrogens is 401 g/mol. The zero-order chi connectivity index (χ0) is 21.4. The van der Waals surface area contributed by atoms with E-state index in [2.05, 4.69) is 20.5 Å². The number of pyridine rings is 1. The second-order valence-corrected chi connectivity index (χ2v) is 7.11. The summed E-state index contributed by atoms with van der Waals surface area (Å²) >= 11 is 0. The molecule has 1 aliphatic rings. The van der Waals surface area contributed by atoms with E-state index in [4.69, 9.17) is 9.47 Å². The molecule has 0 radical (unpaired) electrons. The largest absolute Gasteiger partial charge is 0.496 e. The summed E-state index contributed by atoms with van der Waals surface area (Å²) in [4.78, 5) is 4.12. The lowest BCUT2D eigenvalue weighted by atomic mass is 10.0. The maximum atomic E-state index is 13.1. The zero-order valence-corrected chi connectivity index (χ0v) is 16.0. The zero-order valence-electron chi connectivity index (χ0n) is 16.0. The van der Waals surface area contributed by atoms with Crippen LogP contribution in [-0.2, 0) is 10.9 Å². The Bertz CT molecular complexity index is 1070. The van der Waals surface area contributed by atoms with Crippen LogP contribution in [0.3, 0.4) is 0 Å². The fourth-order valence-corrected chi connectivity index (χ4v) is 3.37. The molecule has 10 heteroatoms. The van der Waals surface area contributed by atoms with Crippen LogP contribution in [0.1, 0.15) is 12.0 Å². The summed E-state index contributed by atoms with van der Waals surface area (Å²) in [7, 11) is 1.30. The average Bonchev–Trinajstić information content (AvgIpc) is 3.17. The summed E-state index contributed by atoms with van der Waals surface area (Å²) in [5.41, 5.74) is -1.06. The van der Waals surface area contributed by atoms with Gasteiger partial charge >= 0.3 is 6.18 Å². The average molecular weight is 420 g/mol. The van der Waals surface area contributed by atoms with Crippen LogP contribution in [0.25, 0.3) is 22.0 Å². The van der Waals surface area contributed by atoms with E-state index in [1.54, 1.807) is 18.5 Å². The fourth-order valence-electron chi connectivity index (χ4n) is 3.37. The Kier molecular flexibility index (Phi) is 5.20. The number of benzene rings is 1. The van der Waals surface area contributed by atoms with E-state index < -0.39 is 17.3 Å². The summed E-state index contributed by atoms with van der Waals surface area (Å²) in [5, 5.41) is 23.2. The van der Waals surface area contributed by atoms with Gasteiger partial charge in [-0.1, -0.05) is 0 Å². The molecule has 2 N–H and O–H groups in total. The molecule has 1 atom stereocenters. The van der Waals surface area contributed by atoms with Crippen LogP contribution in [0.5, 0.6) is 5.75 Å². The second-order valence-electron chi connectivity index (χ2n) is 7.11. The minimum absolute atomic E-state index is 0.0374. The maximum Gasteiger partial charge on any atom is 0.416 e. The molecule has 0 bridgehead atoms. The summed E-state index contributed by atoms with van der Waals surface area (Å²) in [5.74, 6) is 0.448. The highest BCUT2D eigenvalue weighted by Crippen LogP contribution is 2.39. The van der Waals surface area contributed by atoms with Crippen LogP contribution < -0.4 is 10.1 Å². The van der Waals surface area contributed by atoms with E-state index in [9.17, 15) is 18.3 Å². The lowest BCUT2D eigenvalue weighted by Crippen LogP contribution is -2.37. The van der Waals surface area contributed by atoms with E-state index in [1.807, 2.05) is 0 Å². The number of nitrogens with zero attached hydrogens (tertiary/aromatic N) is 3. The summed E-state index contributed by atoms with van der Waals surface area (Å²) < 4.78 is 49.6. The molecule has 4 rings (SSSR count). The number of nitrogens with one attached hydrogen (secondary N) is 1. The van der Waals surface area contributed by atoms with Crippen molar-refractivity contribution in [1.82, 2.24) is 15.2 Å². The maximum absolute atomic E-state index is 13.1. The van der Waals surface area contributed by atoms with Crippen LogP contribution >= 0.6 is 0 Å². The van der Waals surface area contributed by atoms with Crippen molar-refractivity contribution >= 4 is 16.6 Å². The number of ether oxygens (including phenoxy) is 2. The van der Waals surface area contributed by atoms with Gasteiger partial charge in [-0.15, -0.1) is 10.2 Å². The van der Waals surface area contributed by atoms with E-state index in [-0.39, 0.29) is 18.9 Å². The quantitative estimate of drug-likeness (QED) is 0.655. The first-order chi connectivity index (χ1) is 14.3. The van der Waals surface area contributed by atoms with Gasteiger partial charge in [-0.2, -0.15) is 13.2 Å². The van der Waals surface area contributed by atoms with Gasteiger partial charge in [-0.25, -0.2) is 0 Å². The summed E-state index contributed by atoms with van der Waals surface area (Å²) in [6.45, 7) is 0.928. The van der Waals surface area contributed by atoms with Crippen LogP contribution in [0.15, 0.2) is 36.7 Å². The number of methoxy groups -OCH3 is 1. The molecule has 3 aromatic rings. The van der Waals surface area contributed by atoms with Crippen LogP contribution in [0, 0.1) is 0 Å². The summed E-state index contributed by atoms with van der Waals surface area (Å²) in [6.07, 6.45) is -0.834. The third-order valence-electron chi connectivity index (χ3n) is 5.03. The summed E-state index contributed by atoms with van der Waals surface area (Å²) in [6, 6.07) is 4.94. The predicted molar refractivity (Wildman–Crippen MR) is 103 cm³/mol. The van der Waals surface area contributed by atoms with Gasteiger partial charge in [0.15, 0.2) is 5.82 Å². The van der Waals surface area contributed by atoms with Gasteiger partial charge in [0.1, 0.15) is 17.0 Å². The van der Waals surface area contributed by atoms with Gasteiger partial charge in [0.05, 0.1) is 19.3 Å². The molecule has 1 aliphatic heterocycles. The molecule has 30 heavy (non-hydrogen) atoms. The van der Waals surface area contributed by atoms with Gasteiger partial charge < -0.3 is 19.9 Å². The van der Waals surface area contributed by atoms with Crippen molar-refractivity contribution in [2.24, 2.45) is 0 Å². The number of alkyl halides is 3. The van der Waals surface area contributed by atoms with Crippen molar-refractivity contribution in [1.29, 1.82) is 0 Å². The molecule has 0 aliphatic carbocycles. The Morgan fingerprint density at radius 1 is 1.23 bits per heavy atom. The number of aromatic nitrogens is 3. The number of fused-ring (bicyclic) bond motifs is 1. The van der Waals surface area contributed by atoms with Crippen molar-refractivity contribution in [2.75, 3.05) is 32.2 Å². The lowest BCUT2D eigenvalue weighted by Gasteiger charge is -2.21. The highest BCUT2D eigenvalue weighted by atomic mass is 19.4. The van der Waals surface area contributed by atoms with E-state index >= 15 is 0 Å². The smallest absolute Gasteiger partial charge is 0.416 e. The van der Waals surface area contributed by atoms with Crippen molar-refractivity contribution in [3.63, 3.8) is 0 Å². The van der Waals surface area contributed by atoms with Crippen LogP contribution in [-0.4, -0.2) is 52.8 Å². The Balaban J connectivity index is 1.74. The number of hydrogen-bond donors (Lipinski definition) is 2. The first kappa shape index (κ1) is 20.3. The number of aliphatic hydroxyl groups is 1. The molecule has 0 spiro atoms. The van der Waals surface area contributed by atoms with Gasteiger partial charge in [0, 0.05) is 48.3 Å². The molecule has 7 nitrogen and oxygen atoms in total. The number of anilines is 1. The van der Waals surface area contributed by atoms with Gasteiger partial charge in [-0.3, -0.25) is 4.98 Å². The topological polar surface area (TPSA) is 89.4 Å². The Hall–Kier alpha value is -2.98. The fraction of sp³-hybridized carbons (Fsp3) is 0.350. The molecule has 158 valence electrons. The van der Waals surface area contributed by atoms with Crippen molar-refractivity contribution < 1.29 is 27.8 Å². The highest BCUT2D eigenvalue weighted by Gasteiger charge is 2.33. The van der Waals surface area contributed by atoms with Crippen molar-refractivity contribution in [3.8, 4) is 17.0 Å². The molecule has 2 aromatic heterocycles. The predicted octanol–water partition coefficient (Wildman–Crippen LogP) is 3.28. The van der Waals surface area contributed by atoms with E-state index in [0.29, 0.717) is 40.9 Å². The minimum atomic E-state index is -4.48. The Morgan fingerprint density at radius 3 is 2.77 bits per heavy atom. The lowest BCUT2D eigenvalue weighted by molar-refractivity contribution is -0.137. The number of rotatable bonds is 5. The van der Waals surface area contributed by atoms with Gasteiger partial charge in [0.25, 0.3) is 0 Å². The molecule has 3 heterocycles. The highest BCUT2D eigenvalue weighted by molar-refractivity contribution is 6.00. The molecule has 1 saturated heterocycles. The number of halogens is 3. The minimum Gasteiger partial charge on any atom is -0.496 e. The first-order valence-corrected chi connectivity index (χ1v) is 9.21. The Labute approximate surface area is 169 Å². The van der Waals surface area contributed by atoms with Crippen molar-refractivity contribution in [2.45, 2.75) is 18.2 Å². The standard InChI is InChI=1S/C20H19F3N4O3/c1-29-16-8-12(20(21,22)23)2-3-14(16)17-13-4-6-24-9-15(13)18(27-26-17)25-10-19(28)5-7-30-11-19/h2-4,6,8-9,28H,5,7,10-11H2,1H3,(H,25,27). The Morgan fingerprint density at radius 2 is 2.07 bits per heavy atom. The normalized spacial score (nSPS) is 19.2. The third-order valence-corrected chi connectivity index (χ3v) is 5.03. The molecule has 0 saturated carbocycles. The molecule has 0 amide bonds. The second kappa shape index (κ2) is 7.69. The van der Waals surface area contributed by atoms with Gasteiger partial charge in [0.2, 0.25) is 0 Å². The SMILES string of the molecule is COc1cc(C(F)(F)F)ccc1-c1nnc(NCC2(O)CCOC2)c2cnccc12. The van der Waals surface area contributed by atoms with E-state index in [0.717, 1.165) is 12.1 Å². The molecule has 1 aromatic carbocycles. The first-order valence-electron chi connectivity index (χ1n) is 9.21. The molecule has 1 fully saturated rings. The molecule has 1 unspecified atom stereocenters. The number of hydrogen-bond acceptors (Lipinski definition) is 7. The van der Waals surface area contributed by atoms with Crippen molar-refractivity contribution in [3.05, 3.63) is 42.2 Å².